The van der Waals surface area contributed by atoms with Crippen LogP contribution in [-0.2, 0) is 0 Å². The highest BCUT2D eigenvalue weighted by atomic mass is 32.1. The van der Waals surface area contributed by atoms with Crippen molar-refractivity contribution >= 4 is 81.6 Å². The molecule has 11 aromatic rings. The predicted octanol–water partition coefficient (Wildman–Crippen LogP) is 14.6. The summed E-state index contributed by atoms with van der Waals surface area (Å²) >= 11 is 1.87. The fourth-order valence-electron chi connectivity index (χ4n) is 7.72. The van der Waals surface area contributed by atoms with Crippen molar-refractivity contribution in [2.45, 2.75) is 0 Å². The smallest absolute Gasteiger partial charge is 0.227 e. The van der Waals surface area contributed by atoms with Crippen LogP contribution in [0, 0.1) is 0 Å². The quantitative estimate of drug-likeness (QED) is 0.172. The zero-order valence-corrected chi connectivity index (χ0v) is 29.8. The standard InChI is InChI=1S/C49H30N2O2S/c1-3-10-33(11-4-1)49-50-42-28-29-43-46(47(42)53-49)41-27-22-34(30-44(41)52-43)31-18-23-36(24-19-31)51(35-12-5-2-6-13-35)37-25-20-32(21-26-37)38-15-9-16-40-39-14-7-8-17-45(39)54-48(38)40/h1-30H. The van der Waals surface area contributed by atoms with Crippen LogP contribution in [0.3, 0.4) is 0 Å². The molecule has 0 saturated heterocycles. The first-order valence-corrected chi connectivity index (χ1v) is 18.8. The molecule has 0 spiro atoms. The predicted molar refractivity (Wildman–Crippen MR) is 225 cm³/mol. The van der Waals surface area contributed by atoms with Crippen molar-refractivity contribution in [1.29, 1.82) is 0 Å². The molecule has 8 aromatic carbocycles. The van der Waals surface area contributed by atoms with Crippen molar-refractivity contribution < 1.29 is 8.83 Å². The van der Waals surface area contributed by atoms with Gasteiger partial charge in [0.25, 0.3) is 0 Å². The minimum atomic E-state index is 0.606. The second-order valence-electron chi connectivity index (χ2n) is 13.5. The van der Waals surface area contributed by atoms with Crippen LogP contribution in [0.1, 0.15) is 0 Å². The number of oxazole rings is 1. The largest absolute Gasteiger partial charge is 0.456 e. The van der Waals surface area contributed by atoms with Crippen molar-refractivity contribution in [2.75, 3.05) is 4.90 Å². The van der Waals surface area contributed by atoms with Crippen LogP contribution in [0.2, 0.25) is 0 Å². The van der Waals surface area contributed by atoms with E-state index in [-0.39, 0.29) is 0 Å². The highest BCUT2D eigenvalue weighted by Crippen LogP contribution is 2.42. The van der Waals surface area contributed by atoms with Crippen LogP contribution in [0.15, 0.2) is 191 Å². The van der Waals surface area contributed by atoms with Gasteiger partial charge in [-0.2, -0.15) is 0 Å². The van der Waals surface area contributed by atoms with Crippen LogP contribution in [0.25, 0.3) is 86.9 Å². The van der Waals surface area contributed by atoms with Gasteiger partial charge >= 0.3 is 0 Å². The Hall–Kier alpha value is -6.95. The number of hydrogen-bond acceptors (Lipinski definition) is 5. The summed E-state index contributed by atoms with van der Waals surface area (Å²) in [6, 6.07) is 63.9. The molecular formula is C49H30N2O2S. The number of hydrogen-bond donors (Lipinski definition) is 0. The molecule has 0 amide bonds. The Morgan fingerprint density at radius 1 is 0.444 bits per heavy atom. The van der Waals surface area contributed by atoms with E-state index < -0.39 is 0 Å². The third-order valence-electron chi connectivity index (χ3n) is 10.3. The molecular weight excluding hydrogens is 681 g/mol. The number of rotatable bonds is 6. The molecule has 0 saturated carbocycles. The van der Waals surface area contributed by atoms with E-state index in [9.17, 15) is 0 Å². The second kappa shape index (κ2) is 12.3. The summed E-state index contributed by atoms with van der Waals surface area (Å²) in [5.41, 5.74) is 12.0. The minimum absolute atomic E-state index is 0.606. The van der Waals surface area contributed by atoms with E-state index in [4.69, 9.17) is 13.8 Å². The van der Waals surface area contributed by atoms with Crippen LogP contribution in [0.5, 0.6) is 0 Å². The SMILES string of the molecule is c1ccc(-c2nc3ccc4oc5cc(-c6ccc(N(c7ccccc7)c7ccc(-c8cccc9c8sc8ccccc89)cc7)cc6)ccc5c4c3o2)cc1. The summed E-state index contributed by atoms with van der Waals surface area (Å²) < 4.78 is 15.4. The van der Waals surface area contributed by atoms with Gasteiger partial charge < -0.3 is 13.7 Å². The zero-order valence-electron chi connectivity index (χ0n) is 28.9. The van der Waals surface area contributed by atoms with E-state index in [0.717, 1.165) is 66.8 Å². The molecule has 5 heteroatoms. The lowest BCUT2D eigenvalue weighted by Gasteiger charge is -2.26. The number of anilines is 3. The Kier molecular flexibility index (Phi) is 7.00. The van der Waals surface area contributed by atoms with E-state index in [0.29, 0.717) is 5.89 Å². The molecule has 0 atom stereocenters. The van der Waals surface area contributed by atoms with Gasteiger partial charge in [0.05, 0.1) is 5.39 Å². The summed E-state index contributed by atoms with van der Waals surface area (Å²) in [5, 5.41) is 4.59. The van der Waals surface area contributed by atoms with Gasteiger partial charge in [-0.1, -0.05) is 103 Å². The van der Waals surface area contributed by atoms with Gasteiger partial charge in [0.1, 0.15) is 16.7 Å². The highest BCUT2D eigenvalue weighted by molar-refractivity contribution is 7.26. The normalized spacial score (nSPS) is 11.7. The van der Waals surface area contributed by atoms with E-state index in [1.54, 1.807) is 0 Å². The van der Waals surface area contributed by atoms with Crippen LogP contribution in [-0.4, -0.2) is 4.98 Å². The Labute approximate surface area is 314 Å². The average Bonchev–Trinajstić information content (AvgIpc) is 3.95. The Balaban J connectivity index is 0.937. The van der Waals surface area contributed by atoms with Crippen molar-refractivity contribution in [3.8, 4) is 33.7 Å². The number of fused-ring (bicyclic) bond motifs is 8. The summed E-state index contributed by atoms with van der Waals surface area (Å²) in [6.07, 6.45) is 0. The molecule has 0 fully saturated rings. The molecule has 54 heavy (non-hydrogen) atoms. The van der Waals surface area contributed by atoms with Gasteiger partial charge in [-0.25, -0.2) is 4.98 Å². The van der Waals surface area contributed by atoms with Gasteiger partial charge in [0.2, 0.25) is 5.89 Å². The van der Waals surface area contributed by atoms with Crippen molar-refractivity contribution in [3.63, 3.8) is 0 Å². The monoisotopic (exact) mass is 710 g/mol. The second-order valence-corrected chi connectivity index (χ2v) is 14.6. The molecule has 11 rings (SSSR count). The van der Waals surface area contributed by atoms with Gasteiger partial charge in [0, 0.05) is 48.2 Å². The molecule has 3 heterocycles. The number of furan rings is 1. The van der Waals surface area contributed by atoms with E-state index in [1.165, 1.54) is 31.3 Å². The maximum atomic E-state index is 6.40. The van der Waals surface area contributed by atoms with Gasteiger partial charge in [-0.15, -0.1) is 11.3 Å². The Morgan fingerprint density at radius 2 is 1.11 bits per heavy atom. The summed E-state index contributed by atoms with van der Waals surface area (Å²) in [6.45, 7) is 0. The Morgan fingerprint density at radius 3 is 1.91 bits per heavy atom. The lowest BCUT2D eigenvalue weighted by molar-refractivity contribution is 0.622. The van der Waals surface area contributed by atoms with Crippen molar-refractivity contribution in [2.24, 2.45) is 0 Å². The first-order chi connectivity index (χ1) is 26.7. The van der Waals surface area contributed by atoms with E-state index >= 15 is 0 Å². The number of benzene rings is 8. The van der Waals surface area contributed by atoms with E-state index in [2.05, 4.69) is 144 Å². The van der Waals surface area contributed by atoms with E-state index in [1.807, 2.05) is 53.8 Å². The minimum Gasteiger partial charge on any atom is -0.456 e. The molecule has 0 aliphatic rings. The first-order valence-electron chi connectivity index (χ1n) is 18.0. The molecule has 0 aliphatic carbocycles. The number of nitrogens with zero attached hydrogens (tertiary/aromatic N) is 2. The topological polar surface area (TPSA) is 42.4 Å². The van der Waals surface area contributed by atoms with Crippen molar-refractivity contribution in [3.05, 3.63) is 182 Å². The summed E-state index contributed by atoms with van der Waals surface area (Å²) in [4.78, 5) is 7.08. The molecule has 0 N–H and O–H groups in total. The Bertz CT molecular complexity index is 3140. The molecule has 0 aliphatic heterocycles. The van der Waals surface area contributed by atoms with Gasteiger partial charge in [-0.3, -0.25) is 0 Å². The molecule has 4 nitrogen and oxygen atoms in total. The fourth-order valence-corrected chi connectivity index (χ4v) is 8.96. The van der Waals surface area contributed by atoms with Crippen LogP contribution >= 0.6 is 11.3 Å². The molecule has 0 radical (unpaired) electrons. The fraction of sp³-hybridized carbons (Fsp3) is 0. The van der Waals surface area contributed by atoms with Crippen LogP contribution in [0.4, 0.5) is 17.1 Å². The summed E-state index contributed by atoms with van der Waals surface area (Å²) in [7, 11) is 0. The number of aromatic nitrogens is 1. The first kappa shape index (κ1) is 30.7. The molecule has 254 valence electrons. The van der Waals surface area contributed by atoms with Gasteiger partial charge in [0.15, 0.2) is 5.58 Å². The van der Waals surface area contributed by atoms with Gasteiger partial charge in [-0.05, 0) is 101 Å². The molecule has 0 bridgehead atoms. The average molecular weight is 711 g/mol. The van der Waals surface area contributed by atoms with Crippen LogP contribution < -0.4 is 4.90 Å². The lowest BCUT2D eigenvalue weighted by Crippen LogP contribution is -2.09. The summed E-state index contributed by atoms with van der Waals surface area (Å²) in [5.74, 6) is 0.606. The lowest BCUT2D eigenvalue weighted by atomic mass is 10.0. The highest BCUT2D eigenvalue weighted by Gasteiger charge is 2.18. The maximum absolute atomic E-state index is 6.40. The number of para-hydroxylation sites is 1. The number of thiophene rings is 1. The maximum Gasteiger partial charge on any atom is 0.227 e. The molecule has 0 unspecified atom stereocenters. The molecule has 3 aromatic heterocycles. The third-order valence-corrected chi connectivity index (χ3v) is 11.5. The third kappa shape index (κ3) is 5.01. The van der Waals surface area contributed by atoms with Crippen molar-refractivity contribution in [1.82, 2.24) is 4.98 Å². The zero-order chi connectivity index (χ0) is 35.6.